The zero-order chi connectivity index (χ0) is 15.4. The molecule has 0 aromatic heterocycles. The predicted molar refractivity (Wildman–Crippen MR) is 89.9 cm³/mol. The lowest BCUT2D eigenvalue weighted by atomic mass is 10.0. The second kappa shape index (κ2) is 7.78. The van der Waals surface area contributed by atoms with Gasteiger partial charge in [-0.2, -0.15) is 0 Å². The molecule has 4 nitrogen and oxygen atoms in total. The van der Waals surface area contributed by atoms with Crippen molar-refractivity contribution < 1.29 is 4.79 Å². The van der Waals surface area contributed by atoms with E-state index in [0.717, 1.165) is 19.6 Å². The lowest BCUT2D eigenvalue weighted by molar-refractivity contribution is -0.134. The van der Waals surface area contributed by atoms with Crippen LogP contribution in [0.25, 0.3) is 0 Å². The van der Waals surface area contributed by atoms with Crippen molar-refractivity contribution in [3.63, 3.8) is 0 Å². The molecule has 0 aliphatic carbocycles. The molecule has 0 unspecified atom stereocenters. The van der Waals surface area contributed by atoms with Crippen LogP contribution in [0, 0.1) is 5.92 Å². The highest BCUT2D eigenvalue weighted by molar-refractivity contribution is 5.78. The van der Waals surface area contributed by atoms with Crippen molar-refractivity contribution in [2.24, 2.45) is 5.92 Å². The van der Waals surface area contributed by atoms with Crippen LogP contribution in [0.4, 0.5) is 0 Å². The van der Waals surface area contributed by atoms with Crippen molar-refractivity contribution in [3.8, 4) is 0 Å². The summed E-state index contributed by atoms with van der Waals surface area (Å²) >= 11 is 0. The second-order valence-corrected chi connectivity index (χ2v) is 7.71. The van der Waals surface area contributed by atoms with E-state index >= 15 is 0 Å². The third-order valence-electron chi connectivity index (χ3n) is 5.76. The van der Waals surface area contributed by atoms with Crippen LogP contribution in [-0.4, -0.2) is 72.5 Å². The van der Waals surface area contributed by atoms with E-state index in [1.54, 1.807) is 0 Å². The van der Waals surface area contributed by atoms with Gasteiger partial charge in [-0.1, -0.05) is 13.3 Å². The molecule has 0 saturated carbocycles. The maximum absolute atomic E-state index is 12.6. The first-order valence-electron chi connectivity index (χ1n) is 9.46. The largest absolute Gasteiger partial charge is 0.341 e. The Labute approximate surface area is 135 Å². The average Bonchev–Trinajstić information content (AvgIpc) is 2.95. The summed E-state index contributed by atoms with van der Waals surface area (Å²) < 4.78 is 0. The van der Waals surface area contributed by atoms with Crippen molar-refractivity contribution in [2.45, 2.75) is 57.9 Å². The third kappa shape index (κ3) is 4.23. The van der Waals surface area contributed by atoms with Gasteiger partial charge in [0.1, 0.15) is 0 Å². The van der Waals surface area contributed by atoms with Crippen LogP contribution in [0.2, 0.25) is 0 Å². The number of amides is 1. The molecule has 3 fully saturated rings. The van der Waals surface area contributed by atoms with E-state index < -0.39 is 0 Å². The van der Waals surface area contributed by atoms with Crippen LogP contribution in [-0.2, 0) is 4.79 Å². The van der Waals surface area contributed by atoms with Crippen LogP contribution < -0.4 is 0 Å². The Morgan fingerprint density at radius 3 is 2.50 bits per heavy atom. The molecule has 126 valence electrons. The van der Waals surface area contributed by atoms with Gasteiger partial charge in [0.2, 0.25) is 5.91 Å². The van der Waals surface area contributed by atoms with Crippen LogP contribution >= 0.6 is 0 Å². The number of carbonyl (C=O) groups is 1. The number of hydrogen-bond acceptors (Lipinski definition) is 3. The Hall–Kier alpha value is -0.610. The van der Waals surface area contributed by atoms with Gasteiger partial charge in [-0.05, 0) is 64.1 Å². The molecular weight excluding hydrogens is 274 g/mol. The fourth-order valence-corrected chi connectivity index (χ4v) is 4.44. The highest BCUT2D eigenvalue weighted by atomic mass is 16.2. The summed E-state index contributed by atoms with van der Waals surface area (Å²) in [4.78, 5) is 19.8. The Morgan fingerprint density at radius 2 is 1.73 bits per heavy atom. The molecule has 0 spiro atoms. The smallest absolute Gasteiger partial charge is 0.236 e. The van der Waals surface area contributed by atoms with E-state index in [-0.39, 0.29) is 0 Å². The number of carbonyl (C=O) groups excluding carboxylic acids is 1. The molecule has 4 heteroatoms. The molecule has 0 aromatic carbocycles. The summed E-state index contributed by atoms with van der Waals surface area (Å²) in [7, 11) is 0. The summed E-state index contributed by atoms with van der Waals surface area (Å²) in [6.45, 7) is 9.72. The molecule has 1 amide bonds. The molecule has 22 heavy (non-hydrogen) atoms. The minimum Gasteiger partial charge on any atom is -0.341 e. The first-order chi connectivity index (χ1) is 10.7. The Balaban J connectivity index is 1.48. The zero-order valence-electron chi connectivity index (χ0n) is 14.3. The summed E-state index contributed by atoms with van der Waals surface area (Å²) in [5.41, 5.74) is 0. The van der Waals surface area contributed by atoms with Gasteiger partial charge in [-0.15, -0.1) is 0 Å². The summed E-state index contributed by atoms with van der Waals surface area (Å²) in [6, 6.07) is 0.615. The highest BCUT2D eigenvalue weighted by Gasteiger charge is 2.30. The molecule has 3 heterocycles. The van der Waals surface area contributed by atoms with Gasteiger partial charge in [0, 0.05) is 25.7 Å². The van der Waals surface area contributed by atoms with Gasteiger partial charge in [0.25, 0.3) is 0 Å². The number of likely N-dealkylation sites (tertiary alicyclic amines) is 3. The lowest BCUT2D eigenvalue weighted by Gasteiger charge is -2.35. The topological polar surface area (TPSA) is 26.8 Å². The highest BCUT2D eigenvalue weighted by Crippen LogP contribution is 2.21. The normalized spacial score (nSPS) is 31.6. The maximum atomic E-state index is 12.6. The van der Waals surface area contributed by atoms with Crippen LogP contribution in [0.15, 0.2) is 0 Å². The van der Waals surface area contributed by atoms with Crippen molar-refractivity contribution >= 4 is 5.91 Å². The quantitative estimate of drug-likeness (QED) is 0.796. The van der Waals surface area contributed by atoms with Gasteiger partial charge in [0.05, 0.1) is 6.54 Å². The molecule has 0 bridgehead atoms. The van der Waals surface area contributed by atoms with Gasteiger partial charge in [-0.25, -0.2) is 0 Å². The van der Waals surface area contributed by atoms with E-state index in [4.69, 9.17) is 0 Å². The number of nitrogens with zero attached hydrogens (tertiary/aromatic N) is 3. The van der Waals surface area contributed by atoms with E-state index in [0.29, 0.717) is 24.4 Å². The monoisotopic (exact) mass is 307 g/mol. The molecule has 0 radical (unpaired) electrons. The van der Waals surface area contributed by atoms with E-state index in [1.807, 2.05) is 0 Å². The SMILES string of the molecule is C[C@@H]1CCCN(C(=O)CN2CCC[C@@H]2CN2CCCCC2)C1. The third-order valence-corrected chi connectivity index (χ3v) is 5.76. The van der Waals surface area contributed by atoms with E-state index in [1.165, 1.54) is 64.6 Å². The number of piperidine rings is 2. The van der Waals surface area contributed by atoms with Crippen LogP contribution in [0.3, 0.4) is 0 Å². The van der Waals surface area contributed by atoms with Crippen molar-refractivity contribution in [1.82, 2.24) is 14.7 Å². The molecule has 3 aliphatic rings. The number of hydrogen-bond donors (Lipinski definition) is 0. The van der Waals surface area contributed by atoms with Gasteiger partial charge in [-0.3, -0.25) is 9.69 Å². The fourth-order valence-electron chi connectivity index (χ4n) is 4.44. The molecule has 0 N–H and O–H groups in total. The van der Waals surface area contributed by atoms with Crippen LogP contribution in [0.5, 0.6) is 0 Å². The first kappa shape index (κ1) is 16.3. The molecule has 3 aliphatic heterocycles. The average molecular weight is 307 g/mol. The minimum absolute atomic E-state index is 0.372. The number of rotatable bonds is 4. The Kier molecular flexibility index (Phi) is 5.75. The van der Waals surface area contributed by atoms with Crippen molar-refractivity contribution in [1.29, 1.82) is 0 Å². The van der Waals surface area contributed by atoms with Crippen molar-refractivity contribution in [3.05, 3.63) is 0 Å². The van der Waals surface area contributed by atoms with Gasteiger partial charge in [0.15, 0.2) is 0 Å². The van der Waals surface area contributed by atoms with Crippen LogP contribution in [0.1, 0.15) is 51.9 Å². The molecular formula is C18H33N3O. The Morgan fingerprint density at radius 1 is 0.955 bits per heavy atom. The predicted octanol–water partition coefficient (Wildman–Crippen LogP) is 2.20. The summed E-state index contributed by atoms with van der Waals surface area (Å²) in [5.74, 6) is 1.05. The van der Waals surface area contributed by atoms with E-state index in [2.05, 4.69) is 21.6 Å². The molecule has 2 atom stereocenters. The molecule has 3 saturated heterocycles. The van der Waals surface area contributed by atoms with Crippen molar-refractivity contribution in [2.75, 3.05) is 45.8 Å². The fraction of sp³-hybridized carbons (Fsp3) is 0.944. The lowest BCUT2D eigenvalue weighted by Crippen LogP contribution is -2.48. The van der Waals surface area contributed by atoms with E-state index in [9.17, 15) is 4.79 Å². The summed E-state index contributed by atoms with van der Waals surface area (Å²) in [6.07, 6.45) is 9.13. The standard InChI is InChI=1S/C18H33N3O/c1-16-7-5-12-21(13-16)18(22)15-20-11-6-8-17(20)14-19-9-3-2-4-10-19/h16-17H,2-15H2,1H3/t16-,17-/m1/s1. The summed E-state index contributed by atoms with van der Waals surface area (Å²) in [5, 5.41) is 0. The maximum Gasteiger partial charge on any atom is 0.236 e. The second-order valence-electron chi connectivity index (χ2n) is 7.71. The molecule has 0 aromatic rings. The Bertz CT molecular complexity index is 367. The zero-order valence-corrected chi connectivity index (χ0v) is 14.3. The van der Waals surface area contributed by atoms with Gasteiger partial charge < -0.3 is 9.80 Å². The molecule has 3 rings (SSSR count). The minimum atomic E-state index is 0.372. The first-order valence-corrected chi connectivity index (χ1v) is 9.46. The van der Waals surface area contributed by atoms with Gasteiger partial charge >= 0.3 is 0 Å².